The molecule has 5 nitrogen and oxygen atoms in total. The molecule has 1 unspecified atom stereocenters. The Morgan fingerprint density at radius 2 is 1.70 bits per heavy atom. The number of aryl methyl sites for hydroxylation is 1. The van der Waals surface area contributed by atoms with Crippen molar-refractivity contribution < 1.29 is 14.7 Å². The Morgan fingerprint density at radius 1 is 1.07 bits per heavy atom. The van der Waals surface area contributed by atoms with Gasteiger partial charge in [0.1, 0.15) is 10.7 Å². The van der Waals surface area contributed by atoms with E-state index in [4.69, 9.17) is 23.2 Å². The zero-order valence-corrected chi connectivity index (χ0v) is 17.4. The van der Waals surface area contributed by atoms with Crippen molar-refractivity contribution in [3.05, 3.63) is 63.4 Å². The van der Waals surface area contributed by atoms with Gasteiger partial charge in [-0.1, -0.05) is 29.3 Å². The number of Topliss-reactive ketones (excluding diaryl/α,β-unsaturated/α-hetero) is 1. The van der Waals surface area contributed by atoms with Crippen LogP contribution in [0.1, 0.15) is 49.2 Å². The van der Waals surface area contributed by atoms with E-state index in [-0.39, 0.29) is 10.9 Å². The highest BCUT2D eigenvalue weighted by molar-refractivity contribution is 6.30. The molecule has 0 aliphatic rings. The Labute approximate surface area is 168 Å². The van der Waals surface area contributed by atoms with Crippen LogP contribution in [-0.4, -0.2) is 32.4 Å². The van der Waals surface area contributed by atoms with Gasteiger partial charge in [0.2, 0.25) is 0 Å². The lowest BCUT2D eigenvalue weighted by atomic mass is 9.80. The Morgan fingerprint density at radius 3 is 2.15 bits per heavy atom. The molecule has 0 saturated heterocycles. The van der Waals surface area contributed by atoms with Crippen LogP contribution in [-0.2, 0) is 5.54 Å². The first-order valence-electron chi connectivity index (χ1n) is 8.35. The highest BCUT2D eigenvalue weighted by atomic mass is 35.5. The van der Waals surface area contributed by atoms with Crippen LogP contribution in [0.4, 0.5) is 4.79 Å². The molecule has 0 fully saturated rings. The van der Waals surface area contributed by atoms with Crippen LogP contribution in [0, 0.1) is 6.92 Å². The van der Waals surface area contributed by atoms with E-state index in [1.54, 1.807) is 65.0 Å². The van der Waals surface area contributed by atoms with Crippen LogP contribution in [0.2, 0.25) is 10.2 Å². The fourth-order valence-corrected chi connectivity index (χ4v) is 3.66. The first-order chi connectivity index (χ1) is 12.4. The van der Waals surface area contributed by atoms with Crippen LogP contribution in [0.15, 0.2) is 36.5 Å². The molecule has 2 aromatic rings. The Hall–Kier alpha value is -2.11. The van der Waals surface area contributed by atoms with Crippen LogP contribution >= 0.6 is 23.2 Å². The van der Waals surface area contributed by atoms with E-state index in [0.29, 0.717) is 21.7 Å². The van der Waals surface area contributed by atoms with E-state index in [1.165, 1.54) is 6.20 Å². The Balaban J connectivity index is 2.78. The maximum absolute atomic E-state index is 13.7. The number of hydrogen-bond donors (Lipinski definition) is 1. The number of carboxylic acid groups (broad SMARTS) is 1. The van der Waals surface area contributed by atoms with Gasteiger partial charge in [0.15, 0.2) is 5.78 Å². The molecule has 2 rings (SSSR count). The highest BCUT2D eigenvalue weighted by Crippen LogP contribution is 2.38. The van der Waals surface area contributed by atoms with Crippen molar-refractivity contribution in [3.8, 4) is 0 Å². The van der Waals surface area contributed by atoms with Crippen LogP contribution < -0.4 is 0 Å². The predicted molar refractivity (Wildman–Crippen MR) is 107 cm³/mol. The van der Waals surface area contributed by atoms with Gasteiger partial charge in [-0.15, -0.1) is 0 Å². The molecule has 0 radical (unpaired) electrons. The number of benzene rings is 1. The molecule has 0 saturated carbocycles. The van der Waals surface area contributed by atoms with Crippen LogP contribution in [0.5, 0.6) is 0 Å². The lowest BCUT2D eigenvalue weighted by Crippen LogP contribution is -2.60. The topological polar surface area (TPSA) is 70.5 Å². The third-order valence-electron chi connectivity index (χ3n) is 4.47. The first kappa shape index (κ1) is 21.2. The van der Waals surface area contributed by atoms with E-state index >= 15 is 0 Å². The van der Waals surface area contributed by atoms with Crippen molar-refractivity contribution in [1.82, 2.24) is 9.88 Å². The molecule has 0 aliphatic heterocycles. The average Bonchev–Trinajstić information content (AvgIpc) is 2.53. The molecule has 0 bridgehead atoms. The van der Waals surface area contributed by atoms with Gasteiger partial charge in [0, 0.05) is 27.9 Å². The van der Waals surface area contributed by atoms with Gasteiger partial charge in [-0.25, -0.2) is 9.78 Å². The maximum atomic E-state index is 13.7. The summed E-state index contributed by atoms with van der Waals surface area (Å²) in [5.74, 6) is -0.363. The molecular formula is C20H22Cl2N2O3. The average molecular weight is 409 g/mol. The van der Waals surface area contributed by atoms with Gasteiger partial charge < -0.3 is 5.11 Å². The summed E-state index contributed by atoms with van der Waals surface area (Å²) in [5.41, 5.74) is -0.868. The second-order valence-electron chi connectivity index (χ2n) is 7.52. The number of aromatic nitrogens is 1. The fraction of sp³-hybridized carbons (Fsp3) is 0.350. The molecular weight excluding hydrogens is 387 g/mol. The minimum atomic E-state index is -1.51. The highest BCUT2D eigenvalue weighted by Gasteiger charge is 2.49. The summed E-state index contributed by atoms with van der Waals surface area (Å²) in [6.45, 7) is 8.58. The fourth-order valence-electron chi connectivity index (χ4n) is 3.32. The monoisotopic (exact) mass is 408 g/mol. The summed E-state index contributed by atoms with van der Waals surface area (Å²) in [6, 6.07) is 8.08. The summed E-state index contributed by atoms with van der Waals surface area (Å²) < 4.78 is 0. The number of halogens is 2. The summed E-state index contributed by atoms with van der Waals surface area (Å²) in [4.78, 5) is 31.1. The molecule has 1 N–H and O–H groups in total. The van der Waals surface area contributed by atoms with Gasteiger partial charge >= 0.3 is 6.09 Å². The zero-order chi connectivity index (χ0) is 20.6. The van der Waals surface area contributed by atoms with Crippen molar-refractivity contribution >= 4 is 35.1 Å². The summed E-state index contributed by atoms with van der Waals surface area (Å²) in [5, 5.41) is 10.7. The SMILES string of the molecule is Cc1cc(Cl)ccc1C(=O)C(C)(c1ccc(Cl)nc1)N(C(=O)O)C(C)(C)C. The third kappa shape index (κ3) is 4.09. The molecule has 1 atom stereocenters. The number of carbonyl (C=O) groups excluding carboxylic acids is 1. The standard InChI is InChI=1S/C20H22Cl2N2O3/c1-12-10-14(21)7-8-15(12)17(25)20(5,13-6-9-16(22)23-11-13)24(18(26)27)19(2,3)4/h6-11H,1-5H3,(H,26,27). The van der Waals surface area contributed by atoms with E-state index in [9.17, 15) is 14.7 Å². The number of rotatable bonds is 4. The quantitative estimate of drug-likeness (QED) is 0.529. The van der Waals surface area contributed by atoms with Crippen molar-refractivity contribution in [2.24, 2.45) is 0 Å². The number of carbonyl (C=O) groups is 2. The van der Waals surface area contributed by atoms with E-state index in [1.807, 2.05) is 0 Å². The van der Waals surface area contributed by atoms with Gasteiger partial charge in [-0.05, 0) is 64.4 Å². The second kappa shape index (κ2) is 7.49. The molecule has 7 heteroatoms. The second-order valence-corrected chi connectivity index (χ2v) is 8.34. The van der Waals surface area contributed by atoms with Crippen molar-refractivity contribution in [2.45, 2.75) is 45.7 Å². The minimum absolute atomic E-state index is 0.258. The van der Waals surface area contributed by atoms with E-state index < -0.39 is 17.2 Å². The third-order valence-corrected chi connectivity index (χ3v) is 4.93. The number of ketones is 1. The molecule has 0 aliphatic carbocycles. The summed E-state index contributed by atoms with van der Waals surface area (Å²) >= 11 is 11.9. The van der Waals surface area contributed by atoms with E-state index in [2.05, 4.69) is 4.98 Å². The van der Waals surface area contributed by atoms with Gasteiger partial charge in [-0.2, -0.15) is 0 Å². The van der Waals surface area contributed by atoms with Crippen molar-refractivity contribution in [1.29, 1.82) is 0 Å². The predicted octanol–water partition coefficient (Wildman–Crippen LogP) is 5.57. The Bertz CT molecular complexity index is 876. The van der Waals surface area contributed by atoms with Crippen LogP contribution in [0.25, 0.3) is 0 Å². The molecule has 1 amide bonds. The number of amides is 1. The zero-order valence-electron chi connectivity index (χ0n) is 15.9. The van der Waals surface area contributed by atoms with Crippen molar-refractivity contribution in [3.63, 3.8) is 0 Å². The lowest BCUT2D eigenvalue weighted by Gasteiger charge is -2.46. The van der Waals surface area contributed by atoms with E-state index in [0.717, 1.165) is 4.90 Å². The van der Waals surface area contributed by atoms with Crippen molar-refractivity contribution in [2.75, 3.05) is 0 Å². The minimum Gasteiger partial charge on any atom is -0.465 e. The molecule has 1 aromatic carbocycles. The van der Waals surface area contributed by atoms with Crippen LogP contribution in [0.3, 0.4) is 0 Å². The largest absolute Gasteiger partial charge is 0.465 e. The molecule has 27 heavy (non-hydrogen) atoms. The van der Waals surface area contributed by atoms with Gasteiger partial charge in [-0.3, -0.25) is 9.69 Å². The lowest BCUT2D eigenvalue weighted by molar-refractivity contribution is 0.0213. The number of pyridine rings is 1. The van der Waals surface area contributed by atoms with Gasteiger partial charge in [0.25, 0.3) is 0 Å². The normalized spacial score (nSPS) is 13.7. The summed E-state index contributed by atoms with van der Waals surface area (Å²) in [6.07, 6.45) is 0.229. The first-order valence-corrected chi connectivity index (χ1v) is 9.11. The number of nitrogens with zero attached hydrogens (tertiary/aromatic N) is 2. The maximum Gasteiger partial charge on any atom is 0.408 e. The smallest absolute Gasteiger partial charge is 0.408 e. The molecule has 144 valence electrons. The summed E-state index contributed by atoms with van der Waals surface area (Å²) in [7, 11) is 0. The number of hydrogen-bond acceptors (Lipinski definition) is 3. The Kier molecular flexibility index (Phi) is 5.88. The molecule has 0 spiro atoms. The molecule has 1 heterocycles. The van der Waals surface area contributed by atoms with Gasteiger partial charge in [0.05, 0.1) is 0 Å². The molecule has 1 aromatic heterocycles.